The van der Waals surface area contributed by atoms with Crippen molar-refractivity contribution in [3.8, 4) is 11.8 Å². The van der Waals surface area contributed by atoms with E-state index in [2.05, 4.69) is 22.6 Å². The number of aromatic nitrogens is 2. The molecule has 1 aromatic carbocycles. The summed E-state index contributed by atoms with van der Waals surface area (Å²) in [7, 11) is 3.58. The lowest BCUT2D eigenvalue weighted by atomic mass is 9.79. The molecule has 8 nitrogen and oxygen atoms in total. The molecule has 2 aliphatic rings. The first-order valence-corrected chi connectivity index (χ1v) is 12.4. The Hall–Kier alpha value is -3.86. The summed E-state index contributed by atoms with van der Waals surface area (Å²) in [5.74, 6) is 1.56. The van der Waals surface area contributed by atoms with Crippen LogP contribution in [0.15, 0.2) is 36.7 Å². The van der Waals surface area contributed by atoms with Crippen LogP contribution in [0.2, 0.25) is 0 Å². The molecule has 2 fully saturated rings. The topological polar surface area (TPSA) is 100 Å². The predicted molar refractivity (Wildman–Crippen MR) is 137 cm³/mol. The Balaban J connectivity index is 1.51. The zero-order valence-corrected chi connectivity index (χ0v) is 21.1. The zero-order chi connectivity index (χ0) is 25.6. The average Bonchev–Trinajstić information content (AvgIpc) is 3.34. The summed E-state index contributed by atoms with van der Waals surface area (Å²) in [5.41, 5.74) is 3.27. The van der Waals surface area contributed by atoms with Crippen LogP contribution in [0.5, 0.6) is 5.75 Å². The number of anilines is 1. The van der Waals surface area contributed by atoms with Crippen molar-refractivity contribution in [1.82, 2.24) is 14.5 Å². The molecule has 1 unspecified atom stereocenters. The quantitative estimate of drug-likeness (QED) is 0.580. The molecule has 5 rings (SSSR count). The number of nitrogens with one attached hydrogen (secondary N) is 1. The fourth-order valence-corrected chi connectivity index (χ4v) is 6.10. The van der Waals surface area contributed by atoms with Crippen LogP contribution in [-0.2, 0) is 11.8 Å². The second-order valence-electron chi connectivity index (χ2n) is 10.3. The number of likely N-dealkylation sites (tertiary alicyclic amines) is 1. The Morgan fingerprint density at radius 1 is 1.22 bits per heavy atom. The van der Waals surface area contributed by atoms with Gasteiger partial charge >= 0.3 is 0 Å². The van der Waals surface area contributed by atoms with E-state index in [1.54, 1.807) is 37.6 Å². The first-order valence-electron chi connectivity index (χ1n) is 12.4. The second-order valence-corrected chi connectivity index (χ2v) is 10.3. The highest BCUT2D eigenvalue weighted by Crippen LogP contribution is 2.51. The normalized spacial score (nSPS) is 21.0. The maximum atomic E-state index is 13.0. The molecule has 0 radical (unpaired) electrons. The number of nitriles is 1. The van der Waals surface area contributed by atoms with Crippen LogP contribution in [0.25, 0.3) is 11.0 Å². The van der Waals surface area contributed by atoms with Crippen LogP contribution in [0.3, 0.4) is 0 Å². The van der Waals surface area contributed by atoms with Crippen molar-refractivity contribution < 1.29 is 14.3 Å². The standard InChI is InChI=1S/C28H31N5O3/c1-16(2)28(35)33-13-19-8-9-20(14-33)23(19)21-15-32(3)26-24(21)25(36-4)22(12-30-26)31-27(34)18-7-5-6-17(10-18)11-29/h5-7,10,12,15-16,19-20,23H,8-9,13-14H2,1-4H3,(H,31,34)/t19-,20+,23?. The smallest absolute Gasteiger partial charge is 0.255 e. The van der Waals surface area contributed by atoms with Gasteiger partial charge in [-0.1, -0.05) is 19.9 Å². The molecule has 3 aromatic rings. The van der Waals surface area contributed by atoms with E-state index < -0.39 is 0 Å². The molecule has 3 atom stereocenters. The van der Waals surface area contributed by atoms with Gasteiger partial charge in [-0.15, -0.1) is 0 Å². The number of ether oxygens (including phenoxy) is 1. The fraction of sp³-hybridized carbons (Fsp3) is 0.429. The third-order valence-electron chi connectivity index (χ3n) is 7.67. The number of aryl methyl sites for hydroxylation is 1. The number of carbonyl (C=O) groups is 2. The minimum Gasteiger partial charge on any atom is -0.494 e. The highest BCUT2D eigenvalue weighted by molar-refractivity contribution is 6.07. The molecule has 0 spiro atoms. The number of fused-ring (bicyclic) bond motifs is 3. The van der Waals surface area contributed by atoms with E-state index >= 15 is 0 Å². The lowest BCUT2D eigenvalue weighted by Crippen LogP contribution is -2.45. The lowest BCUT2D eigenvalue weighted by molar-refractivity contribution is -0.136. The largest absolute Gasteiger partial charge is 0.494 e. The molecule has 1 aliphatic heterocycles. The van der Waals surface area contributed by atoms with Gasteiger partial charge in [0.1, 0.15) is 11.3 Å². The molecule has 2 amide bonds. The van der Waals surface area contributed by atoms with E-state index in [-0.39, 0.29) is 17.7 Å². The van der Waals surface area contributed by atoms with Gasteiger partial charge in [0, 0.05) is 37.8 Å². The number of benzene rings is 1. The van der Waals surface area contributed by atoms with E-state index in [1.165, 1.54) is 5.56 Å². The fourth-order valence-electron chi connectivity index (χ4n) is 6.10. The highest BCUT2D eigenvalue weighted by Gasteiger charge is 2.45. The van der Waals surface area contributed by atoms with Crippen LogP contribution in [0, 0.1) is 29.1 Å². The van der Waals surface area contributed by atoms with Crippen LogP contribution in [0.4, 0.5) is 5.69 Å². The Morgan fingerprint density at radius 2 is 1.94 bits per heavy atom. The minimum absolute atomic E-state index is 0.00261. The van der Waals surface area contributed by atoms with Crippen molar-refractivity contribution in [2.24, 2.45) is 24.8 Å². The van der Waals surface area contributed by atoms with Crippen molar-refractivity contribution in [2.45, 2.75) is 32.6 Å². The third kappa shape index (κ3) is 3.98. The van der Waals surface area contributed by atoms with Gasteiger partial charge in [-0.2, -0.15) is 5.26 Å². The van der Waals surface area contributed by atoms with Crippen LogP contribution in [0.1, 0.15) is 54.1 Å². The van der Waals surface area contributed by atoms with Gasteiger partial charge in [-0.25, -0.2) is 4.98 Å². The van der Waals surface area contributed by atoms with Gasteiger partial charge < -0.3 is 19.5 Å². The number of nitrogens with zero attached hydrogens (tertiary/aromatic N) is 4. The molecule has 1 aliphatic carbocycles. The number of rotatable bonds is 5. The van der Waals surface area contributed by atoms with Gasteiger partial charge in [-0.3, -0.25) is 9.59 Å². The Morgan fingerprint density at radius 3 is 2.58 bits per heavy atom. The minimum atomic E-state index is -0.329. The number of carbonyl (C=O) groups excluding carboxylic acids is 2. The molecule has 2 bridgehead atoms. The number of methoxy groups -OCH3 is 1. The monoisotopic (exact) mass is 485 g/mol. The summed E-state index contributed by atoms with van der Waals surface area (Å²) in [4.78, 5) is 32.4. The summed E-state index contributed by atoms with van der Waals surface area (Å²) in [6.45, 7) is 5.47. The van der Waals surface area contributed by atoms with Crippen molar-refractivity contribution in [3.05, 3.63) is 53.3 Å². The molecule has 186 valence electrons. The molecule has 2 aromatic heterocycles. The Bertz CT molecular complexity index is 1370. The zero-order valence-electron chi connectivity index (χ0n) is 21.1. The number of hydrogen-bond acceptors (Lipinski definition) is 5. The summed E-state index contributed by atoms with van der Waals surface area (Å²) in [6.07, 6.45) is 5.94. The second kappa shape index (κ2) is 9.30. The highest BCUT2D eigenvalue weighted by atomic mass is 16.5. The molecule has 8 heteroatoms. The molecular weight excluding hydrogens is 454 g/mol. The maximum Gasteiger partial charge on any atom is 0.255 e. The summed E-state index contributed by atoms with van der Waals surface area (Å²) in [6, 6.07) is 8.65. The number of pyridine rings is 1. The van der Waals surface area contributed by atoms with Crippen molar-refractivity contribution in [2.75, 3.05) is 25.5 Å². The lowest BCUT2D eigenvalue weighted by Gasteiger charge is -2.39. The van der Waals surface area contributed by atoms with E-state index in [0.29, 0.717) is 40.3 Å². The maximum absolute atomic E-state index is 13.0. The van der Waals surface area contributed by atoms with Crippen LogP contribution >= 0.6 is 0 Å². The molecular formula is C28H31N5O3. The molecule has 1 N–H and O–H groups in total. The van der Waals surface area contributed by atoms with Gasteiger partial charge in [0.25, 0.3) is 5.91 Å². The van der Waals surface area contributed by atoms with Gasteiger partial charge in [-0.05, 0) is 54.4 Å². The van der Waals surface area contributed by atoms with E-state index in [9.17, 15) is 14.9 Å². The number of piperidine rings is 1. The van der Waals surface area contributed by atoms with E-state index in [1.807, 2.05) is 30.4 Å². The third-order valence-corrected chi connectivity index (χ3v) is 7.67. The van der Waals surface area contributed by atoms with Crippen LogP contribution < -0.4 is 10.1 Å². The summed E-state index contributed by atoms with van der Waals surface area (Å²) < 4.78 is 7.90. The predicted octanol–water partition coefficient (Wildman–Crippen LogP) is 4.31. The summed E-state index contributed by atoms with van der Waals surface area (Å²) in [5, 5.41) is 13.0. The van der Waals surface area contributed by atoms with Gasteiger partial charge in [0.2, 0.25) is 5.91 Å². The summed E-state index contributed by atoms with van der Waals surface area (Å²) >= 11 is 0. The number of amides is 2. The van der Waals surface area contributed by atoms with Crippen molar-refractivity contribution in [3.63, 3.8) is 0 Å². The van der Waals surface area contributed by atoms with E-state index in [4.69, 9.17) is 4.74 Å². The first-order chi connectivity index (χ1) is 17.3. The first kappa shape index (κ1) is 23.9. The molecule has 1 saturated carbocycles. The van der Waals surface area contributed by atoms with Gasteiger partial charge in [0.15, 0.2) is 5.75 Å². The van der Waals surface area contributed by atoms with E-state index in [0.717, 1.165) is 37.0 Å². The van der Waals surface area contributed by atoms with Crippen molar-refractivity contribution >= 4 is 28.5 Å². The molecule has 36 heavy (non-hydrogen) atoms. The van der Waals surface area contributed by atoms with Crippen molar-refractivity contribution in [1.29, 1.82) is 5.26 Å². The van der Waals surface area contributed by atoms with Gasteiger partial charge in [0.05, 0.1) is 30.3 Å². The molecule has 3 heterocycles. The average molecular weight is 486 g/mol. The SMILES string of the molecule is COc1c(NC(=O)c2cccc(C#N)c2)cnc2c1c(C1[C@@H]3CC[C@H]1CN(C(=O)C(C)C)C3)cn2C. The Kier molecular flexibility index (Phi) is 6.17. The number of hydrogen-bond donors (Lipinski definition) is 1. The Labute approximate surface area is 210 Å². The van der Waals surface area contributed by atoms with Crippen LogP contribution in [-0.4, -0.2) is 46.5 Å². The molecule has 1 saturated heterocycles.